The van der Waals surface area contributed by atoms with Crippen molar-refractivity contribution in [1.82, 2.24) is 9.55 Å². The lowest BCUT2D eigenvalue weighted by atomic mass is 10.1. The summed E-state index contributed by atoms with van der Waals surface area (Å²) in [6.07, 6.45) is 2.38. The maximum absolute atomic E-state index is 13.8. The van der Waals surface area contributed by atoms with Crippen molar-refractivity contribution in [1.29, 1.82) is 0 Å². The standard InChI is InChI=1S/C20H20F2N2O2S/c1-26-18-6-2-14(3-7-18)8-9-24-17(12-25)11-23-20(24)27-13-15-4-5-16(21)10-19(15)22/h2-7,10-11,25H,8-9,12-13H2,1H3. The van der Waals surface area contributed by atoms with Gasteiger partial charge in [0, 0.05) is 18.4 Å². The second-order valence-electron chi connectivity index (χ2n) is 5.96. The van der Waals surface area contributed by atoms with Gasteiger partial charge in [0.1, 0.15) is 17.4 Å². The van der Waals surface area contributed by atoms with E-state index in [-0.39, 0.29) is 6.61 Å². The molecule has 1 heterocycles. The third kappa shape index (κ3) is 4.87. The van der Waals surface area contributed by atoms with E-state index in [1.54, 1.807) is 13.3 Å². The summed E-state index contributed by atoms with van der Waals surface area (Å²) in [5, 5.41) is 10.3. The minimum Gasteiger partial charge on any atom is -0.497 e. The Morgan fingerprint density at radius 2 is 1.93 bits per heavy atom. The number of halogens is 2. The molecule has 0 aliphatic heterocycles. The average molecular weight is 390 g/mol. The monoisotopic (exact) mass is 390 g/mol. The van der Waals surface area contributed by atoms with Crippen LogP contribution in [0.3, 0.4) is 0 Å². The lowest BCUT2D eigenvalue weighted by molar-refractivity contribution is 0.269. The van der Waals surface area contributed by atoms with Crippen LogP contribution in [0.15, 0.2) is 53.8 Å². The Hall–Kier alpha value is -2.38. The fraction of sp³-hybridized carbons (Fsp3) is 0.250. The van der Waals surface area contributed by atoms with Crippen LogP contribution in [0.5, 0.6) is 5.75 Å². The molecule has 142 valence electrons. The zero-order valence-electron chi connectivity index (χ0n) is 14.9. The molecule has 0 fully saturated rings. The van der Waals surface area contributed by atoms with Gasteiger partial charge in [-0.05, 0) is 35.7 Å². The van der Waals surface area contributed by atoms with E-state index in [1.165, 1.54) is 23.9 Å². The van der Waals surface area contributed by atoms with Crippen molar-refractivity contribution >= 4 is 11.8 Å². The molecule has 0 saturated carbocycles. The van der Waals surface area contributed by atoms with Gasteiger partial charge in [0.05, 0.1) is 25.6 Å². The molecule has 0 atom stereocenters. The first-order valence-corrected chi connectivity index (χ1v) is 9.44. The molecule has 2 aromatic carbocycles. The van der Waals surface area contributed by atoms with Gasteiger partial charge in [-0.2, -0.15) is 0 Å². The number of rotatable bonds is 8. The summed E-state index contributed by atoms with van der Waals surface area (Å²) in [6.45, 7) is 0.511. The Balaban J connectivity index is 1.70. The number of nitrogens with zero attached hydrogens (tertiary/aromatic N) is 2. The number of methoxy groups -OCH3 is 1. The van der Waals surface area contributed by atoms with E-state index in [2.05, 4.69) is 4.98 Å². The first kappa shape index (κ1) is 19.4. The SMILES string of the molecule is COc1ccc(CCn2c(CO)cnc2SCc2ccc(F)cc2F)cc1. The number of aryl methyl sites for hydroxylation is 1. The highest BCUT2D eigenvalue weighted by Gasteiger charge is 2.12. The van der Waals surface area contributed by atoms with Gasteiger partial charge in [-0.3, -0.25) is 0 Å². The molecular formula is C20H20F2N2O2S. The molecule has 0 aliphatic rings. The summed E-state index contributed by atoms with van der Waals surface area (Å²) >= 11 is 1.36. The molecule has 0 saturated heterocycles. The number of hydrogen-bond donors (Lipinski definition) is 1. The van der Waals surface area contributed by atoms with Crippen molar-refractivity contribution in [3.63, 3.8) is 0 Å². The number of aliphatic hydroxyl groups excluding tert-OH is 1. The van der Waals surface area contributed by atoms with Crippen LogP contribution in [0, 0.1) is 11.6 Å². The molecule has 0 unspecified atom stereocenters. The summed E-state index contributed by atoms with van der Waals surface area (Å²) in [5.74, 6) is -0.0303. The number of aromatic nitrogens is 2. The Morgan fingerprint density at radius 3 is 2.59 bits per heavy atom. The largest absolute Gasteiger partial charge is 0.497 e. The summed E-state index contributed by atoms with van der Waals surface area (Å²) < 4.78 is 33.9. The third-order valence-electron chi connectivity index (χ3n) is 4.22. The van der Waals surface area contributed by atoms with Crippen LogP contribution in [-0.2, 0) is 25.3 Å². The van der Waals surface area contributed by atoms with Gasteiger partial charge in [-0.1, -0.05) is 30.0 Å². The van der Waals surface area contributed by atoms with Crippen LogP contribution in [-0.4, -0.2) is 21.8 Å². The Bertz CT molecular complexity index is 897. The lowest BCUT2D eigenvalue weighted by Gasteiger charge is -2.11. The second-order valence-corrected chi connectivity index (χ2v) is 6.91. The van der Waals surface area contributed by atoms with E-state index in [1.807, 2.05) is 28.8 Å². The van der Waals surface area contributed by atoms with Gasteiger partial charge in [-0.25, -0.2) is 13.8 Å². The zero-order chi connectivity index (χ0) is 19.2. The van der Waals surface area contributed by atoms with Crippen LogP contribution in [0.25, 0.3) is 0 Å². The molecule has 0 radical (unpaired) electrons. The summed E-state index contributed by atoms with van der Waals surface area (Å²) in [5.41, 5.74) is 2.25. The van der Waals surface area contributed by atoms with E-state index >= 15 is 0 Å². The fourth-order valence-corrected chi connectivity index (χ4v) is 3.70. The van der Waals surface area contributed by atoms with Crippen LogP contribution in [0.2, 0.25) is 0 Å². The highest BCUT2D eigenvalue weighted by atomic mass is 32.2. The molecule has 0 aliphatic carbocycles. The second kappa shape index (κ2) is 9.01. The highest BCUT2D eigenvalue weighted by molar-refractivity contribution is 7.98. The summed E-state index contributed by atoms with van der Waals surface area (Å²) in [7, 11) is 1.63. The minimum atomic E-state index is -0.593. The van der Waals surface area contributed by atoms with Crippen molar-refractivity contribution in [2.75, 3.05) is 7.11 Å². The number of benzene rings is 2. The van der Waals surface area contributed by atoms with Crippen LogP contribution in [0.1, 0.15) is 16.8 Å². The zero-order valence-corrected chi connectivity index (χ0v) is 15.7. The van der Waals surface area contributed by atoms with Crippen LogP contribution < -0.4 is 4.74 Å². The topological polar surface area (TPSA) is 47.3 Å². The number of aliphatic hydroxyl groups is 1. The van der Waals surface area contributed by atoms with Crippen molar-refractivity contribution < 1.29 is 18.6 Å². The van der Waals surface area contributed by atoms with Crippen molar-refractivity contribution in [2.24, 2.45) is 0 Å². The quantitative estimate of drug-likeness (QED) is 0.586. The smallest absolute Gasteiger partial charge is 0.168 e. The van der Waals surface area contributed by atoms with Crippen molar-refractivity contribution in [3.8, 4) is 5.75 Å². The van der Waals surface area contributed by atoms with E-state index in [4.69, 9.17) is 4.74 Å². The number of imidazole rings is 1. The molecule has 0 spiro atoms. The number of ether oxygens (including phenoxy) is 1. The summed E-state index contributed by atoms with van der Waals surface area (Å²) in [4.78, 5) is 4.34. The van der Waals surface area contributed by atoms with Gasteiger partial charge >= 0.3 is 0 Å². The number of thioether (sulfide) groups is 1. The maximum Gasteiger partial charge on any atom is 0.168 e. The molecule has 1 aromatic heterocycles. The van der Waals surface area contributed by atoms with E-state index in [0.717, 1.165) is 23.8 Å². The van der Waals surface area contributed by atoms with Gasteiger partial charge in [0.25, 0.3) is 0 Å². The molecule has 3 aromatic rings. The normalized spacial score (nSPS) is 11.0. The minimum absolute atomic E-state index is 0.124. The molecule has 3 rings (SSSR count). The average Bonchev–Trinajstić information content (AvgIpc) is 3.08. The van der Waals surface area contributed by atoms with Crippen LogP contribution >= 0.6 is 11.8 Å². The van der Waals surface area contributed by atoms with Crippen molar-refractivity contribution in [3.05, 3.63) is 77.1 Å². The van der Waals surface area contributed by atoms with E-state index < -0.39 is 11.6 Å². The van der Waals surface area contributed by atoms with Gasteiger partial charge in [-0.15, -0.1) is 0 Å². The van der Waals surface area contributed by atoms with E-state index in [9.17, 15) is 13.9 Å². The Kier molecular flexibility index (Phi) is 6.47. The van der Waals surface area contributed by atoms with Gasteiger partial charge in [0.15, 0.2) is 5.16 Å². The molecule has 0 amide bonds. The molecule has 1 N–H and O–H groups in total. The Labute approximate surface area is 160 Å². The molecule has 7 heteroatoms. The maximum atomic E-state index is 13.8. The predicted molar refractivity (Wildman–Crippen MR) is 101 cm³/mol. The van der Waals surface area contributed by atoms with Crippen LogP contribution in [0.4, 0.5) is 8.78 Å². The number of hydrogen-bond acceptors (Lipinski definition) is 4. The Morgan fingerprint density at radius 1 is 1.15 bits per heavy atom. The first-order chi connectivity index (χ1) is 13.1. The lowest BCUT2D eigenvalue weighted by Crippen LogP contribution is -2.07. The summed E-state index contributed by atoms with van der Waals surface area (Å²) in [6, 6.07) is 11.4. The third-order valence-corrected chi connectivity index (χ3v) is 5.26. The molecular weight excluding hydrogens is 370 g/mol. The predicted octanol–water partition coefficient (Wildman–Crippen LogP) is 4.20. The molecule has 27 heavy (non-hydrogen) atoms. The molecule has 0 bridgehead atoms. The van der Waals surface area contributed by atoms with Gasteiger partial charge in [0.2, 0.25) is 0 Å². The van der Waals surface area contributed by atoms with Crippen molar-refractivity contribution in [2.45, 2.75) is 30.5 Å². The van der Waals surface area contributed by atoms with E-state index in [0.29, 0.717) is 28.7 Å². The van der Waals surface area contributed by atoms with Gasteiger partial charge < -0.3 is 14.4 Å². The fourth-order valence-electron chi connectivity index (χ4n) is 2.69. The highest BCUT2D eigenvalue weighted by Crippen LogP contribution is 2.25. The first-order valence-electron chi connectivity index (χ1n) is 8.45. The molecule has 4 nitrogen and oxygen atoms in total.